The first-order chi connectivity index (χ1) is 7.31. The number of methoxy groups -OCH3 is 1. The van der Waals surface area contributed by atoms with Crippen LogP contribution in [0, 0.1) is 0 Å². The molecule has 1 aromatic rings. The Morgan fingerprint density at radius 2 is 2.53 bits per heavy atom. The summed E-state index contributed by atoms with van der Waals surface area (Å²) >= 11 is 0. The summed E-state index contributed by atoms with van der Waals surface area (Å²) in [5.74, 6) is 5.49. The Bertz CT molecular complexity index is 352. The molecule has 1 rings (SSSR count). The van der Waals surface area contributed by atoms with Crippen molar-refractivity contribution in [2.75, 3.05) is 12.0 Å². The molecule has 80 valence electrons. The quantitative estimate of drug-likeness (QED) is 0.329. The van der Waals surface area contributed by atoms with Gasteiger partial charge < -0.3 is 10.6 Å². The van der Waals surface area contributed by atoms with Gasteiger partial charge in [0.1, 0.15) is 6.34 Å². The van der Waals surface area contributed by atoms with Gasteiger partial charge >= 0.3 is 0 Å². The molecule has 0 saturated heterocycles. The first kappa shape index (κ1) is 11.1. The summed E-state index contributed by atoms with van der Waals surface area (Å²) in [6, 6.07) is 1.77. The molecule has 0 radical (unpaired) electrons. The highest BCUT2D eigenvalue weighted by molar-refractivity contribution is 5.77. The molecule has 0 spiro atoms. The Morgan fingerprint density at radius 1 is 1.73 bits per heavy atom. The molecular weight excluding hydrogens is 194 g/mol. The molecule has 0 aromatic carbocycles. The second-order valence-electron chi connectivity index (χ2n) is 2.64. The lowest BCUT2D eigenvalue weighted by atomic mass is 10.4. The van der Waals surface area contributed by atoms with Crippen LogP contribution in [-0.4, -0.2) is 23.4 Å². The number of hydrazone groups is 1. The molecule has 15 heavy (non-hydrogen) atoms. The predicted molar refractivity (Wildman–Crippen MR) is 58.1 cm³/mol. The molecule has 6 nitrogen and oxygen atoms in total. The van der Waals surface area contributed by atoms with E-state index in [0.29, 0.717) is 12.6 Å². The lowest BCUT2D eigenvalue weighted by Gasteiger charge is -2.11. The summed E-state index contributed by atoms with van der Waals surface area (Å²) in [4.78, 5) is 9.79. The maximum absolute atomic E-state index is 5.04. The van der Waals surface area contributed by atoms with Crippen LogP contribution < -0.4 is 10.7 Å². The van der Waals surface area contributed by atoms with Gasteiger partial charge in [0, 0.05) is 19.5 Å². The average Bonchev–Trinajstić information content (AvgIpc) is 2.27. The van der Waals surface area contributed by atoms with Crippen LogP contribution in [-0.2, 0) is 11.3 Å². The van der Waals surface area contributed by atoms with Gasteiger partial charge in [-0.25, -0.2) is 9.97 Å². The molecule has 6 heteroatoms. The largest absolute Gasteiger partial charge is 0.378 e. The zero-order valence-corrected chi connectivity index (χ0v) is 8.50. The topological polar surface area (TPSA) is 76.6 Å². The fourth-order valence-electron chi connectivity index (χ4n) is 0.989. The molecule has 0 saturated carbocycles. The van der Waals surface area contributed by atoms with Gasteiger partial charge in [-0.2, -0.15) is 5.10 Å². The van der Waals surface area contributed by atoms with Crippen molar-refractivity contribution >= 4 is 12.3 Å². The molecule has 0 atom stereocenters. The average molecular weight is 207 g/mol. The summed E-state index contributed by atoms with van der Waals surface area (Å²) in [6.07, 6.45) is 4.53. The van der Waals surface area contributed by atoms with Crippen molar-refractivity contribution in [3.05, 3.63) is 30.7 Å². The number of anilines is 1. The minimum Gasteiger partial charge on any atom is -0.378 e. The van der Waals surface area contributed by atoms with Gasteiger partial charge in [-0.05, 0) is 6.07 Å². The highest BCUT2D eigenvalue weighted by Gasteiger charge is 2.04. The van der Waals surface area contributed by atoms with Crippen LogP contribution in [0.1, 0.15) is 5.69 Å². The van der Waals surface area contributed by atoms with Crippen molar-refractivity contribution in [3.63, 3.8) is 0 Å². The van der Waals surface area contributed by atoms with Crippen LogP contribution in [0.4, 0.5) is 5.95 Å². The fraction of sp³-hybridized carbons (Fsp3) is 0.222. The van der Waals surface area contributed by atoms with Gasteiger partial charge in [0.25, 0.3) is 0 Å². The molecule has 0 aliphatic carbocycles. The first-order valence-corrected chi connectivity index (χ1v) is 4.27. The fourth-order valence-corrected chi connectivity index (χ4v) is 0.989. The molecule has 0 fully saturated rings. The van der Waals surface area contributed by atoms with Crippen LogP contribution in [0.2, 0.25) is 0 Å². The van der Waals surface area contributed by atoms with Crippen LogP contribution in [0.5, 0.6) is 0 Å². The minimum absolute atomic E-state index is 0.431. The number of rotatable bonds is 5. The van der Waals surface area contributed by atoms with Crippen molar-refractivity contribution in [3.8, 4) is 0 Å². The zero-order valence-electron chi connectivity index (χ0n) is 8.50. The van der Waals surface area contributed by atoms with Gasteiger partial charge in [-0.15, -0.1) is 0 Å². The smallest absolute Gasteiger partial charge is 0.235 e. The maximum atomic E-state index is 5.04. The Hall–Kier alpha value is -1.95. The monoisotopic (exact) mass is 207 g/mol. The van der Waals surface area contributed by atoms with Crippen LogP contribution in [0.25, 0.3) is 0 Å². The first-order valence-electron chi connectivity index (χ1n) is 4.27. The van der Waals surface area contributed by atoms with E-state index in [1.807, 2.05) is 0 Å². The molecule has 0 amide bonds. The minimum atomic E-state index is 0.431. The van der Waals surface area contributed by atoms with Crippen molar-refractivity contribution in [1.29, 1.82) is 0 Å². The van der Waals surface area contributed by atoms with E-state index in [1.54, 1.807) is 19.4 Å². The normalized spacial score (nSPS) is 10.5. The third-order valence-electron chi connectivity index (χ3n) is 1.61. The van der Waals surface area contributed by atoms with Gasteiger partial charge in [-0.1, -0.05) is 6.58 Å². The standard InChI is InChI=1S/C9H13N5O/c1-3-14(7-12-10)9-11-5-4-8(13-9)6-15-2/h3-5,7H,1,6,10H2,2H3/b12-7-. The van der Waals surface area contributed by atoms with E-state index in [4.69, 9.17) is 10.6 Å². The number of hydrogen-bond acceptors (Lipinski definition) is 5. The van der Waals surface area contributed by atoms with E-state index >= 15 is 0 Å². The molecule has 0 unspecified atom stereocenters. The second-order valence-corrected chi connectivity index (χ2v) is 2.64. The van der Waals surface area contributed by atoms with E-state index in [-0.39, 0.29) is 0 Å². The third kappa shape index (κ3) is 3.03. The molecule has 2 N–H and O–H groups in total. The molecular formula is C9H13N5O. The SMILES string of the molecule is C=CN(/C=N\N)c1nccc(COC)n1. The highest BCUT2D eigenvalue weighted by atomic mass is 16.5. The van der Waals surface area contributed by atoms with Crippen molar-refractivity contribution < 1.29 is 4.74 Å². The lowest BCUT2D eigenvalue weighted by molar-refractivity contribution is 0.181. The van der Waals surface area contributed by atoms with Crippen molar-refractivity contribution in [2.24, 2.45) is 10.9 Å². The second kappa shape index (κ2) is 5.71. The van der Waals surface area contributed by atoms with E-state index in [0.717, 1.165) is 5.69 Å². The van der Waals surface area contributed by atoms with Crippen molar-refractivity contribution in [1.82, 2.24) is 9.97 Å². The van der Waals surface area contributed by atoms with E-state index < -0.39 is 0 Å². The van der Waals surface area contributed by atoms with Crippen molar-refractivity contribution in [2.45, 2.75) is 6.61 Å². The van der Waals surface area contributed by atoms with Crippen LogP contribution >= 0.6 is 0 Å². The molecule has 1 aromatic heterocycles. The Balaban J connectivity index is 2.91. The van der Waals surface area contributed by atoms with E-state index in [9.17, 15) is 0 Å². The predicted octanol–water partition coefficient (Wildman–Crippen LogP) is 0.475. The van der Waals surface area contributed by atoms with Gasteiger partial charge in [0.15, 0.2) is 0 Å². The van der Waals surface area contributed by atoms with E-state index in [1.165, 1.54) is 17.4 Å². The van der Waals surface area contributed by atoms with Gasteiger partial charge in [0.05, 0.1) is 12.3 Å². The number of nitrogens with two attached hydrogens (primary N) is 1. The summed E-state index contributed by atoms with van der Waals surface area (Å²) < 4.78 is 4.96. The lowest BCUT2D eigenvalue weighted by Crippen LogP contribution is -2.17. The van der Waals surface area contributed by atoms with Gasteiger partial charge in [0.2, 0.25) is 5.95 Å². The van der Waals surface area contributed by atoms with Crippen LogP contribution in [0.3, 0.4) is 0 Å². The highest BCUT2D eigenvalue weighted by Crippen LogP contribution is 2.06. The van der Waals surface area contributed by atoms with Crippen LogP contribution in [0.15, 0.2) is 30.1 Å². The number of nitrogens with zero attached hydrogens (tertiary/aromatic N) is 4. The summed E-state index contributed by atoms with van der Waals surface area (Å²) in [6.45, 7) is 4.03. The molecule has 1 heterocycles. The maximum Gasteiger partial charge on any atom is 0.235 e. The number of hydrogen-bond donors (Lipinski definition) is 1. The number of aromatic nitrogens is 2. The van der Waals surface area contributed by atoms with E-state index in [2.05, 4.69) is 21.6 Å². The Kier molecular flexibility index (Phi) is 4.24. The summed E-state index contributed by atoms with van der Waals surface area (Å²) in [5.41, 5.74) is 0.778. The number of ether oxygens (including phenoxy) is 1. The molecule has 0 aliphatic rings. The summed E-state index contributed by atoms with van der Waals surface area (Å²) in [5, 5.41) is 3.38. The summed E-state index contributed by atoms with van der Waals surface area (Å²) in [7, 11) is 1.61. The molecule has 0 aliphatic heterocycles. The Labute approximate surface area is 88.1 Å². The Morgan fingerprint density at radius 3 is 3.13 bits per heavy atom. The van der Waals surface area contributed by atoms with Gasteiger partial charge in [-0.3, -0.25) is 4.90 Å². The zero-order chi connectivity index (χ0) is 11.1. The molecule has 0 bridgehead atoms. The third-order valence-corrected chi connectivity index (χ3v) is 1.61.